The summed E-state index contributed by atoms with van der Waals surface area (Å²) in [6, 6.07) is 4.92. The van der Waals surface area contributed by atoms with Crippen molar-refractivity contribution in [1.29, 1.82) is 0 Å². The van der Waals surface area contributed by atoms with Crippen LogP contribution in [0.15, 0.2) is 18.2 Å². The van der Waals surface area contributed by atoms with Crippen LogP contribution in [0, 0.1) is 0 Å². The SMILES string of the molecule is C[C@H](O)CN1CCN(C(=O)c2ccc(Cl)cc2Cl)CC1. The highest BCUT2D eigenvalue weighted by Crippen LogP contribution is 2.22. The smallest absolute Gasteiger partial charge is 0.255 e. The molecule has 0 saturated carbocycles. The summed E-state index contributed by atoms with van der Waals surface area (Å²) in [6.07, 6.45) is -0.344. The molecule has 6 heteroatoms. The number of nitrogens with zero attached hydrogens (tertiary/aromatic N) is 2. The molecule has 1 fully saturated rings. The van der Waals surface area contributed by atoms with Crippen molar-refractivity contribution in [2.45, 2.75) is 13.0 Å². The zero-order valence-electron chi connectivity index (χ0n) is 11.4. The summed E-state index contributed by atoms with van der Waals surface area (Å²) >= 11 is 11.9. The van der Waals surface area contributed by atoms with E-state index in [1.54, 1.807) is 30.0 Å². The van der Waals surface area contributed by atoms with Gasteiger partial charge in [-0.3, -0.25) is 9.69 Å². The van der Waals surface area contributed by atoms with E-state index in [0.717, 1.165) is 13.1 Å². The Bertz CT molecular complexity index is 486. The van der Waals surface area contributed by atoms with Crippen molar-refractivity contribution in [3.8, 4) is 0 Å². The number of hydrogen-bond acceptors (Lipinski definition) is 3. The van der Waals surface area contributed by atoms with Gasteiger partial charge in [-0.1, -0.05) is 23.2 Å². The minimum absolute atomic E-state index is 0.0663. The predicted octanol–water partition coefficient (Wildman–Crippen LogP) is 2.13. The van der Waals surface area contributed by atoms with Gasteiger partial charge in [0.2, 0.25) is 0 Å². The molecule has 1 saturated heterocycles. The van der Waals surface area contributed by atoms with Crippen LogP contribution in [-0.4, -0.2) is 59.6 Å². The molecular weight excluding hydrogens is 299 g/mol. The van der Waals surface area contributed by atoms with Gasteiger partial charge in [0.25, 0.3) is 5.91 Å². The molecule has 1 N–H and O–H groups in total. The van der Waals surface area contributed by atoms with E-state index < -0.39 is 0 Å². The summed E-state index contributed by atoms with van der Waals surface area (Å²) < 4.78 is 0. The van der Waals surface area contributed by atoms with E-state index in [2.05, 4.69) is 4.90 Å². The number of carbonyl (C=O) groups excluding carboxylic acids is 1. The third-order valence-electron chi connectivity index (χ3n) is 3.34. The van der Waals surface area contributed by atoms with E-state index in [1.165, 1.54) is 0 Å². The molecule has 110 valence electrons. The quantitative estimate of drug-likeness (QED) is 0.929. The Kier molecular flexibility index (Phi) is 5.27. The highest BCUT2D eigenvalue weighted by molar-refractivity contribution is 6.36. The molecule has 1 aromatic rings. The minimum Gasteiger partial charge on any atom is -0.392 e. The molecule has 0 bridgehead atoms. The number of aliphatic hydroxyl groups excluding tert-OH is 1. The van der Waals surface area contributed by atoms with Crippen LogP contribution >= 0.6 is 23.2 Å². The highest BCUT2D eigenvalue weighted by Gasteiger charge is 2.23. The summed E-state index contributed by atoms with van der Waals surface area (Å²) in [4.78, 5) is 16.3. The number of rotatable bonds is 3. The van der Waals surface area contributed by atoms with Crippen molar-refractivity contribution in [2.75, 3.05) is 32.7 Å². The van der Waals surface area contributed by atoms with Crippen LogP contribution in [0.2, 0.25) is 10.0 Å². The van der Waals surface area contributed by atoms with Crippen LogP contribution in [0.25, 0.3) is 0 Å². The summed E-state index contributed by atoms with van der Waals surface area (Å²) in [5.74, 6) is -0.0663. The zero-order valence-corrected chi connectivity index (χ0v) is 12.9. The summed E-state index contributed by atoms with van der Waals surface area (Å²) in [6.45, 7) is 5.23. The van der Waals surface area contributed by atoms with Gasteiger partial charge in [0, 0.05) is 37.7 Å². The Morgan fingerprint density at radius 3 is 2.50 bits per heavy atom. The molecule has 1 aliphatic rings. The number of carbonyl (C=O) groups is 1. The number of halogens is 2. The predicted molar refractivity (Wildman–Crippen MR) is 80.5 cm³/mol. The van der Waals surface area contributed by atoms with Gasteiger partial charge in [0.1, 0.15) is 0 Å². The maximum Gasteiger partial charge on any atom is 0.255 e. The van der Waals surface area contributed by atoms with Crippen molar-refractivity contribution in [3.05, 3.63) is 33.8 Å². The lowest BCUT2D eigenvalue weighted by Crippen LogP contribution is -2.50. The zero-order chi connectivity index (χ0) is 14.7. The van der Waals surface area contributed by atoms with E-state index >= 15 is 0 Å². The highest BCUT2D eigenvalue weighted by atomic mass is 35.5. The van der Waals surface area contributed by atoms with E-state index in [0.29, 0.717) is 35.2 Å². The fourth-order valence-electron chi connectivity index (χ4n) is 2.34. The monoisotopic (exact) mass is 316 g/mol. The number of amides is 1. The number of piperazine rings is 1. The van der Waals surface area contributed by atoms with E-state index in [-0.39, 0.29) is 12.0 Å². The van der Waals surface area contributed by atoms with Crippen LogP contribution < -0.4 is 0 Å². The topological polar surface area (TPSA) is 43.8 Å². The van der Waals surface area contributed by atoms with E-state index in [4.69, 9.17) is 23.2 Å². The third-order valence-corrected chi connectivity index (χ3v) is 3.89. The third kappa shape index (κ3) is 3.85. The lowest BCUT2D eigenvalue weighted by molar-refractivity contribution is 0.0554. The van der Waals surface area contributed by atoms with E-state index in [9.17, 15) is 9.90 Å². The van der Waals surface area contributed by atoms with Gasteiger partial charge in [0.05, 0.1) is 16.7 Å². The Morgan fingerprint density at radius 1 is 1.30 bits per heavy atom. The lowest BCUT2D eigenvalue weighted by Gasteiger charge is -2.35. The Hall–Kier alpha value is -0.810. The van der Waals surface area contributed by atoms with Gasteiger partial charge in [-0.2, -0.15) is 0 Å². The first-order chi connectivity index (χ1) is 9.47. The first kappa shape index (κ1) is 15.6. The molecule has 20 heavy (non-hydrogen) atoms. The Balaban J connectivity index is 1.98. The number of β-amino-alcohol motifs (C(OH)–C–C–N with tert-alkyl or cyclic N) is 1. The van der Waals surface area contributed by atoms with Crippen LogP contribution in [0.3, 0.4) is 0 Å². The second kappa shape index (κ2) is 6.76. The van der Waals surface area contributed by atoms with Crippen molar-refractivity contribution < 1.29 is 9.90 Å². The molecule has 4 nitrogen and oxygen atoms in total. The number of hydrogen-bond donors (Lipinski definition) is 1. The van der Waals surface area contributed by atoms with E-state index in [1.807, 2.05) is 0 Å². The number of benzene rings is 1. The Morgan fingerprint density at radius 2 is 1.95 bits per heavy atom. The molecule has 0 spiro atoms. The Labute approximate surface area is 128 Å². The van der Waals surface area contributed by atoms with Crippen molar-refractivity contribution in [1.82, 2.24) is 9.80 Å². The molecule has 1 atom stereocenters. The van der Waals surface area contributed by atoms with Gasteiger partial charge in [0.15, 0.2) is 0 Å². The molecule has 0 radical (unpaired) electrons. The molecule has 2 rings (SSSR count). The van der Waals surface area contributed by atoms with Gasteiger partial charge >= 0.3 is 0 Å². The molecule has 1 aliphatic heterocycles. The van der Waals surface area contributed by atoms with Crippen LogP contribution in [0.4, 0.5) is 0 Å². The minimum atomic E-state index is -0.344. The normalized spacial score (nSPS) is 18.1. The lowest BCUT2D eigenvalue weighted by atomic mass is 10.1. The fourth-order valence-corrected chi connectivity index (χ4v) is 2.83. The second-order valence-electron chi connectivity index (χ2n) is 5.07. The maximum atomic E-state index is 12.4. The van der Waals surface area contributed by atoms with Crippen molar-refractivity contribution in [3.63, 3.8) is 0 Å². The second-order valence-corrected chi connectivity index (χ2v) is 5.91. The molecule has 1 amide bonds. The van der Waals surface area contributed by atoms with Crippen molar-refractivity contribution >= 4 is 29.1 Å². The maximum absolute atomic E-state index is 12.4. The fraction of sp³-hybridized carbons (Fsp3) is 0.500. The van der Waals surface area contributed by atoms with Gasteiger partial charge in [-0.15, -0.1) is 0 Å². The van der Waals surface area contributed by atoms with Crippen LogP contribution in [-0.2, 0) is 0 Å². The standard InChI is InChI=1S/C14H18Cl2N2O2/c1-10(19)9-17-4-6-18(7-5-17)14(20)12-3-2-11(15)8-13(12)16/h2-3,8,10,19H,4-7,9H2,1H3/t10-/m0/s1. The largest absolute Gasteiger partial charge is 0.392 e. The van der Waals surface area contributed by atoms with Gasteiger partial charge in [-0.05, 0) is 25.1 Å². The van der Waals surface area contributed by atoms with Gasteiger partial charge in [-0.25, -0.2) is 0 Å². The summed E-state index contributed by atoms with van der Waals surface area (Å²) in [5.41, 5.74) is 0.486. The van der Waals surface area contributed by atoms with Crippen LogP contribution in [0.1, 0.15) is 17.3 Å². The average Bonchev–Trinajstić information content (AvgIpc) is 2.38. The molecule has 0 unspecified atom stereocenters. The molecule has 1 heterocycles. The summed E-state index contributed by atoms with van der Waals surface area (Å²) in [5, 5.41) is 10.3. The molecular formula is C14H18Cl2N2O2. The van der Waals surface area contributed by atoms with Crippen LogP contribution in [0.5, 0.6) is 0 Å². The first-order valence-electron chi connectivity index (χ1n) is 6.62. The van der Waals surface area contributed by atoms with Gasteiger partial charge < -0.3 is 10.0 Å². The number of aliphatic hydroxyl groups is 1. The molecule has 0 aliphatic carbocycles. The average molecular weight is 317 g/mol. The first-order valence-corrected chi connectivity index (χ1v) is 7.37. The summed E-state index contributed by atoms with van der Waals surface area (Å²) in [7, 11) is 0. The van der Waals surface area contributed by atoms with Crippen molar-refractivity contribution in [2.24, 2.45) is 0 Å². The molecule has 1 aromatic carbocycles. The molecule has 0 aromatic heterocycles.